The second-order valence-electron chi connectivity index (χ2n) is 11.1. The van der Waals surface area contributed by atoms with E-state index < -0.39 is 22.0 Å². The lowest BCUT2D eigenvalue weighted by Crippen LogP contribution is -2.56. The first-order chi connectivity index (χ1) is 19.1. The number of nitrogens with one attached hydrogen (secondary N) is 1. The third-order valence-electron chi connectivity index (χ3n) is 8.26. The normalized spacial score (nSPS) is 22.8. The van der Waals surface area contributed by atoms with Gasteiger partial charge in [0.15, 0.2) is 0 Å². The monoisotopic (exact) mass is 564 g/mol. The predicted molar refractivity (Wildman–Crippen MR) is 149 cm³/mol. The maximum atomic E-state index is 13.3. The molecular formula is C28H32N6O5S. The SMILES string of the molecule is Cc1cc2ccc(S(=O)(=O)N[C@H]3CCCN(CC(=O)N4C[C@H]5C[C@@H](C4)c4cccc(=O)n4C5)C3=O)cc2c(N)n1. The number of anilines is 1. The van der Waals surface area contributed by atoms with Crippen molar-refractivity contribution in [2.75, 3.05) is 31.9 Å². The lowest BCUT2D eigenvalue weighted by Gasteiger charge is -2.43. The topological polar surface area (TPSA) is 148 Å². The average molecular weight is 565 g/mol. The van der Waals surface area contributed by atoms with E-state index in [9.17, 15) is 22.8 Å². The summed E-state index contributed by atoms with van der Waals surface area (Å²) in [5, 5.41) is 1.30. The van der Waals surface area contributed by atoms with E-state index in [4.69, 9.17) is 5.73 Å². The molecule has 5 heterocycles. The molecule has 2 aromatic heterocycles. The highest BCUT2D eigenvalue weighted by Crippen LogP contribution is 2.35. The van der Waals surface area contributed by atoms with E-state index in [0.29, 0.717) is 44.4 Å². The molecule has 2 bridgehead atoms. The Morgan fingerprint density at radius 1 is 1.12 bits per heavy atom. The number of likely N-dealkylation sites (tertiary alicyclic amines) is 2. The molecule has 3 aliphatic rings. The molecule has 0 aliphatic carbocycles. The number of carbonyl (C=O) groups excluding carboxylic acids is 2. The quantitative estimate of drug-likeness (QED) is 0.473. The molecule has 2 amide bonds. The van der Waals surface area contributed by atoms with E-state index in [1.165, 1.54) is 17.0 Å². The van der Waals surface area contributed by atoms with Gasteiger partial charge in [0, 0.05) is 54.9 Å². The molecule has 0 spiro atoms. The molecule has 6 rings (SSSR count). The van der Waals surface area contributed by atoms with Crippen molar-refractivity contribution in [2.24, 2.45) is 5.92 Å². The van der Waals surface area contributed by atoms with Gasteiger partial charge in [-0.25, -0.2) is 13.4 Å². The lowest BCUT2D eigenvalue weighted by molar-refractivity contribution is -0.144. The molecule has 0 unspecified atom stereocenters. The van der Waals surface area contributed by atoms with Crippen molar-refractivity contribution in [3.05, 3.63) is 64.2 Å². The van der Waals surface area contributed by atoms with Crippen LogP contribution in [0.2, 0.25) is 0 Å². The molecule has 11 nitrogen and oxygen atoms in total. The van der Waals surface area contributed by atoms with Gasteiger partial charge in [0.1, 0.15) is 11.9 Å². The highest BCUT2D eigenvalue weighted by Gasteiger charge is 2.38. The first-order valence-corrected chi connectivity index (χ1v) is 15.0. The van der Waals surface area contributed by atoms with Crippen molar-refractivity contribution >= 4 is 38.4 Å². The molecule has 1 aromatic carbocycles. The Bertz CT molecular complexity index is 1690. The molecule has 3 aromatic rings. The number of rotatable bonds is 5. The van der Waals surface area contributed by atoms with Crippen molar-refractivity contribution in [1.82, 2.24) is 24.1 Å². The van der Waals surface area contributed by atoms with Gasteiger partial charge in [-0.2, -0.15) is 4.72 Å². The summed E-state index contributed by atoms with van der Waals surface area (Å²) in [6.45, 7) is 3.71. The van der Waals surface area contributed by atoms with Gasteiger partial charge in [-0.1, -0.05) is 12.1 Å². The number of piperidine rings is 2. The Kier molecular flexibility index (Phi) is 6.62. The molecule has 2 fully saturated rings. The third-order valence-corrected chi connectivity index (χ3v) is 9.73. The van der Waals surface area contributed by atoms with Crippen molar-refractivity contribution in [3.8, 4) is 0 Å². The fraction of sp³-hybridized carbons (Fsp3) is 0.429. The Hall–Kier alpha value is -3.77. The second kappa shape index (κ2) is 10.0. The molecule has 210 valence electrons. The van der Waals surface area contributed by atoms with Gasteiger partial charge in [-0.05, 0) is 61.8 Å². The summed E-state index contributed by atoms with van der Waals surface area (Å²) in [7, 11) is -4.03. The number of fused-ring (bicyclic) bond motifs is 5. The molecule has 12 heteroatoms. The number of pyridine rings is 2. The molecule has 2 saturated heterocycles. The van der Waals surface area contributed by atoms with Crippen LogP contribution in [0.3, 0.4) is 0 Å². The van der Waals surface area contributed by atoms with Crippen LogP contribution in [-0.4, -0.2) is 71.8 Å². The van der Waals surface area contributed by atoms with Crippen LogP contribution in [0.5, 0.6) is 0 Å². The van der Waals surface area contributed by atoms with Crippen molar-refractivity contribution in [2.45, 2.75) is 49.6 Å². The van der Waals surface area contributed by atoms with Crippen molar-refractivity contribution < 1.29 is 18.0 Å². The highest BCUT2D eigenvalue weighted by atomic mass is 32.2. The summed E-state index contributed by atoms with van der Waals surface area (Å²) in [6.07, 6.45) is 1.84. The van der Waals surface area contributed by atoms with Crippen LogP contribution in [0.15, 0.2) is 52.2 Å². The summed E-state index contributed by atoms with van der Waals surface area (Å²) >= 11 is 0. The molecule has 40 heavy (non-hydrogen) atoms. The predicted octanol–water partition coefficient (Wildman–Crippen LogP) is 1.20. The molecule has 3 atom stereocenters. The van der Waals surface area contributed by atoms with Gasteiger partial charge in [-0.15, -0.1) is 0 Å². The lowest BCUT2D eigenvalue weighted by atomic mass is 9.83. The zero-order chi connectivity index (χ0) is 28.2. The largest absolute Gasteiger partial charge is 0.383 e. The van der Waals surface area contributed by atoms with Crippen molar-refractivity contribution in [3.63, 3.8) is 0 Å². The zero-order valence-corrected chi connectivity index (χ0v) is 23.1. The Morgan fingerprint density at radius 3 is 2.77 bits per heavy atom. The fourth-order valence-corrected chi connectivity index (χ4v) is 7.63. The first kappa shape index (κ1) is 26.5. The molecular weight excluding hydrogens is 532 g/mol. The number of carbonyl (C=O) groups is 2. The van der Waals surface area contributed by atoms with Crippen LogP contribution in [0, 0.1) is 12.8 Å². The van der Waals surface area contributed by atoms with Gasteiger partial charge in [0.05, 0.1) is 11.4 Å². The van der Waals surface area contributed by atoms with Gasteiger partial charge in [-0.3, -0.25) is 14.4 Å². The first-order valence-electron chi connectivity index (χ1n) is 13.5. The van der Waals surface area contributed by atoms with Gasteiger partial charge >= 0.3 is 0 Å². The second-order valence-corrected chi connectivity index (χ2v) is 12.8. The average Bonchev–Trinajstić information content (AvgIpc) is 2.91. The van der Waals surface area contributed by atoms with E-state index in [0.717, 1.165) is 23.2 Å². The van der Waals surface area contributed by atoms with Crippen LogP contribution < -0.4 is 16.0 Å². The number of amides is 2. The Morgan fingerprint density at radius 2 is 1.95 bits per heavy atom. The standard InChI is InChI=1S/C28H32N6O5S/c1-17-10-19-7-8-21(12-22(19)27(29)30-17)40(38,39)31-23-4-3-9-32(28(23)37)16-26(36)33-13-18-11-20(15-33)24-5-2-6-25(35)34(24)14-18/h2,5-8,10,12,18,20,23,31H,3-4,9,11,13-16H2,1H3,(H2,29,30)/t18-,20+,23+/m1/s1. The summed E-state index contributed by atoms with van der Waals surface area (Å²) in [5.74, 6) is -0.0667. The van der Waals surface area contributed by atoms with Gasteiger partial charge < -0.3 is 20.1 Å². The zero-order valence-electron chi connectivity index (χ0n) is 22.2. The highest BCUT2D eigenvalue weighted by molar-refractivity contribution is 7.89. The van der Waals surface area contributed by atoms with Crippen LogP contribution in [0.4, 0.5) is 5.82 Å². The smallest absolute Gasteiger partial charge is 0.250 e. The number of hydrogen-bond acceptors (Lipinski definition) is 7. The molecule has 0 saturated carbocycles. The number of aromatic nitrogens is 2. The molecule has 0 radical (unpaired) electrons. The summed E-state index contributed by atoms with van der Waals surface area (Å²) in [5.41, 5.74) is 7.69. The molecule has 3 N–H and O–H groups in total. The maximum Gasteiger partial charge on any atom is 0.250 e. The number of benzene rings is 1. The third kappa shape index (κ3) is 4.86. The number of aryl methyl sites for hydroxylation is 1. The number of nitrogens with two attached hydrogens (primary N) is 1. The number of nitrogen functional groups attached to an aromatic ring is 1. The maximum absolute atomic E-state index is 13.3. The Balaban J connectivity index is 1.14. The minimum atomic E-state index is -4.03. The summed E-state index contributed by atoms with van der Waals surface area (Å²) < 4.78 is 30.8. The minimum Gasteiger partial charge on any atom is -0.383 e. The van der Waals surface area contributed by atoms with Crippen LogP contribution in [-0.2, 0) is 26.2 Å². The number of hydrogen-bond donors (Lipinski definition) is 2. The van der Waals surface area contributed by atoms with E-state index in [1.54, 1.807) is 23.1 Å². The van der Waals surface area contributed by atoms with Crippen molar-refractivity contribution in [1.29, 1.82) is 0 Å². The number of sulfonamides is 1. The fourth-order valence-electron chi connectivity index (χ4n) is 6.38. The van der Waals surface area contributed by atoms with Crippen LogP contribution >= 0.6 is 0 Å². The Labute approximate surface area is 232 Å². The van der Waals surface area contributed by atoms with E-state index in [2.05, 4.69) is 9.71 Å². The number of nitrogens with zero attached hydrogens (tertiary/aromatic N) is 4. The summed E-state index contributed by atoms with van der Waals surface area (Å²) in [6, 6.07) is 10.7. The van der Waals surface area contributed by atoms with Crippen LogP contribution in [0.1, 0.15) is 36.6 Å². The minimum absolute atomic E-state index is 0.00222. The van der Waals surface area contributed by atoms with E-state index in [1.807, 2.05) is 23.6 Å². The van der Waals surface area contributed by atoms with E-state index >= 15 is 0 Å². The summed E-state index contributed by atoms with van der Waals surface area (Å²) in [4.78, 5) is 46.4. The molecule has 3 aliphatic heterocycles. The van der Waals surface area contributed by atoms with Crippen LogP contribution in [0.25, 0.3) is 10.8 Å². The van der Waals surface area contributed by atoms with Gasteiger partial charge in [0.25, 0.3) is 5.56 Å². The van der Waals surface area contributed by atoms with Gasteiger partial charge in [0.2, 0.25) is 21.8 Å². The van der Waals surface area contributed by atoms with E-state index in [-0.39, 0.29) is 40.6 Å².